The minimum Gasteiger partial charge on any atom is -0.468 e. The van der Waals surface area contributed by atoms with Gasteiger partial charge in [0.15, 0.2) is 6.61 Å². The Morgan fingerprint density at radius 2 is 1.84 bits per heavy atom. The molecule has 0 saturated carbocycles. The van der Waals surface area contributed by atoms with Gasteiger partial charge in [-0.1, -0.05) is 18.2 Å². The second-order valence-electron chi connectivity index (χ2n) is 7.53. The average molecular weight is 445 g/mol. The predicted octanol–water partition coefficient (Wildman–Crippen LogP) is 4.50. The standard InChI is InChI=1S/C23H22F3N3O3/c1-13-8-16(10-17(28-13)9-14(2)30)15(3)29-21(31)20-11-27-22(32-12-23(24,25)26)19-7-5-4-6-18(19)20/h4-8,10-11,15H,9,12H2,1-3H3,(H,29,31). The van der Waals surface area contributed by atoms with Crippen LogP contribution in [-0.4, -0.2) is 34.4 Å². The molecule has 1 unspecified atom stereocenters. The number of ketones is 1. The zero-order valence-electron chi connectivity index (χ0n) is 17.8. The van der Waals surface area contributed by atoms with Crippen molar-refractivity contribution in [3.05, 3.63) is 65.1 Å². The van der Waals surface area contributed by atoms with Crippen molar-refractivity contribution in [1.29, 1.82) is 0 Å². The fraction of sp³-hybridized carbons (Fsp3) is 0.304. The second kappa shape index (κ2) is 9.33. The number of carbonyl (C=O) groups excluding carboxylic acids is 2. The summed E-state index contributed by atoms with van der Waals surface area (Å²) in [5.41, 5.74) is 2.33. The molecule has 1 atom stereocenters. The summed E-state index contributed by atoms with van der Waals surface area (Å²) in [6.45, 7) is 3.60. The smallest absolute Gasteiger partial charge is 0.422 e. The Balaban J connectivity index is 1.86. The van der Waals surface area contributed by atoms with Gasteiger partial charge in [-0.2, -0.15) is 13.2 Å². The topological polar surface area (TPSA) is 81.2 Å². The van der Waals surface area contributed by atoms with E-state index in [1.807, 2.05) is 6.07 Å². The van der Waals surface area contributed by atoms with Gasteiger partial charge in [0.25, 0.3) is 5.91 Å². The van der Waals surface area contributed by atoms with Crippen molar-refractivity contribution in [3.63, 3.8) is 0 Å². The largest absolute Gasteiger partial charge is 0.468 e. The molecule has 32 heavy (non-hydrogen) atoms. The number of hydrogen-bond donors (Lipinski definition) is 1. The highest BCUT2D eigenvalue weighted by molar-refractivity contribution is 6.07. The van der Waals surface area contributed by atoms with Crippen LogP contribution in [0.25, 0.3) is 10.8 Å². The fourth-order valence-electron chi connectivity index (χ4n) is 3.33. The van der Waals surface area contributed by atoms with E-state index in [0.29, 0.717) is 16.5 Å². The SMILES string of the molecule is CC(=O)Cc1cc(C(C)NC(=O)c2cnc(OCC(F)(F)F)c3ccccc23)cc(C)n1. The van der Waals surface area contributed by atoms with Crippen LogP contribution in [0.4, 0.5) is 13.2 Å². The highest BCUT2D eigenvalue weighted by atomic mass is 19.4. The number of aryl methyl sites for hydroxylation is 1. The van der Waals surface area contributed by atoms with Crippen LogP contribution >= 0.6 is 0 Å². The molecule has 9 heteroatoms. The summed E-state index contributed by atoms with van der Waals surface area (Å²) in [5.74, 6) is -0.650. The van der Waals surface area contributed by atoms with Gasteiger partial charge in [0.1, 0.15) is 5.78 Å². The van der Waals surface area contributed by atoms with Gasteiger partial charge in [0.05, 0.1) is 11.6 Å². The summed E-state index contributed by atoms with van der Waals surface area (Å²) in [7, 11) is 0. The van der Waals surface area contributed by atoms with E-state index >= 15 is 0 Å². The van der Waals surface area contributed by atoms with Gasteiger partial charge in [0.2, 0.25) is 5.88 Å². The maximum Gasteiger partial charge on any atom is 0.422 e. The first kappa shape index (κ1) is 23.2. The third-order valence-corrected chi connectivity index (χ3v) is 4.68. The van der Waals surface area contributed by atoms with Crippen LogP contribution in [0.3, 0.4) is 0 Å². The van der Waals surface area contributed by atoms with Crippen molar-refractivity contribution in [1.82, 2.24) is 15.3 Å². The Hall–Kier alpha value is -3.49. The van der Waals surface area contributed by atoms with Crippen LogP contribution in [-0.2, 0) is 11.2 Å². The summed E-state index contributed by atoms with van der Waals surface area (Å²) in [5, 5.41) is 3.61. The highest BCUT2D eigenvalue weighted by Crippen LogP contribution is 2.28. The van der Waals surface area contributed by atoms with Gasteiger partial charge in [-0.25, -0.2) is 4.98 Å². The number of rotatable bonds is 7. The van der Waals surface area contributed by atoms with Crippen molar-refractivity contribution in [3.8, 4) is 5.88 Å². The number of carbonyl (C=O) groups is 2. The Kier molecular flexibility index (Phi) is 6.76. The zero-order valence-corrected chi connectivity index (χ0v) is 17.8. The van der Waals surface area contributed by atoms with Crippen molar-refractivity contribution in [2.75, 3.05) is 6.61 Å². The van der Waals surface area contributed by atoms with Gasteiger partial charge >= 0.3 is 6.18 Å². The number of nitrogens with zero attached hydrogens (tertiary/aromatic N) is 2. The second-order valence-corrected chi connectivity index (χ2v) is 7.53. The molecule has 0 spiro atoms. The van der Waals surface area contributed by atoms with Gasteiger partial charge < -0.3 is 10.1 Å². The van der Waals surface area contributed by atoms with Crippen molar-refractivity contribution in [2.45, 2.75) is 39.4 Å². The lowest BCUT2D eigenvalue weighted by Gasteiger charge is -2.17. The molecular weight excluding hydrogens is 423 g/mol. The van der Waals surface area contributed by atoms with Crippen molar-refractivity contribution >= 4 is 22.5 Å². The molecule has 0 radical (unpaired) electrons. The lowest BCUT2D eigenvalue weighted by Crippen LogP contribution is -2.27. The van der Waals surface area contributed by atoms with Gasteiger partial charge in [-0.05, 0) is 44.5 Å². The van der Waals surface area contributed by atoms with E-state index in [2.05, 4.69) is 15.3 Å². The summed E-state index contributed by atoms with van der Waals surface area (Å²) in [6.07, 6.45) is -3.10. The van der Waals surface area contributed by atoms with Crippen LogP contribution in [0.5, 0.6) is 5.88 Å². The molecule has 1 aromatic carbocycles. The van der Waals surface area contributed by atoms with Crippen LogP contribution in [0.2, 0.25) is 0 Å². The Bertz CT molecular complexity index is 1160. The Morgan fingerprint density at radius 3 is 2.50 bits per heavy atom. The number of nitrogens with one attached hydrogen (secondary N) is 1. The maximum absolute atomic E-state index is 13.0. The van der Waals surface area contributed by atoms with E-state index in [0.717, 1.165) is 11.3 Å². The minimum absolute atomic E-state index is 0.0175. The fourth-order valence-corrected chi connectivity index (χ4v) is 3.33. The molecule has 168 valence electrons. The number of amides is 1. The molecule has 2 heterocycles. The minimum atomic E-state index is -4.50. The maximum atomic E-state index is 13.0. The number of hydrogen-bond acceptors (Lipinski definition) is 5. The predicted molar refractivity (Wildman–Crippen MR) is 113 cm³/mol. The number of alkyl halides is 3. The van der Waals surface area contributed by atoms with E-state index in [1.165, 1.54) is 13.1 Å². The molecule has 2 aromatic heterocycles. The summed E-state index contributed by atoms with van der Waals surface area (Å²) >= 11 is 0. The van der Waals surface area contributed by atoms with Crippen LogP contribution in [0.15, 0.2) is 42.6 Å². The third kappa shape index (κ3) is 5.81. The van der Waals surface area contributed by atoms with Gasteiger partial charge in [-0.15, -0.1) is 0 Å². The third-order valence-electron chi connectivity index (χ3n) is 4.68. The summed E-state index contributed by atoms with van der Waals surface area (Å²) < 4.78 is 42.4. The first-order chi connectivity index (χ1) is 15.0. The molecule has 0 saturated heterocycles. The van der Waals surface area contributed by atoms with Crippen LogP contribution in [0.1, 0.15) is 47.2 Å². The zero-order chi connectivity index (χ0) is 23.5. The van der Waals surface area contributed by atoms with Crippen LogP contribution in [0, 0.1) is 6.92 Å². The Labute approximate surface area is 182 Å². The summed E-state index contributed by atoms with van der Waals surface area (Å²) in [4.78, 5) is 32.7. The van der Waals surface area contributed by atoms with E-state index in [9.17, 15) is 22.8 Å². The molecule has 0 aliphatic heterocycles. The molecule has 0 aliphatic rings. The first-order valence-electron chi connectivity index (χ1n) is 9.88. The summed E-state index contributed by atoms with van der Waals surface area (Å²) in [6, 6.07) is 9.66. The number of ether oxygens (including phenoxy) is 1. The van der Waals surface area contributed by atoms with E-state index in [1.54, 1.807) is 44.2 Å². The number of pyridine rings is 2. The molecule has 1 amide bonds. The Morgan fingerprint density at radius 1 is 1.16 bits per heavy atom. The molecule has 6 nitrogen and oxygen atoms in total. The van der Waals surface area contributed by atoms with Gasteiger partial charge in [-0.3, -0.25) is 14.6 Å². The van der Waals surface area contributed by atoms with Crippen molar-refractivity contribution < 1.29 is 27.5 Å². The quantitative estimate of drug-likeness (QED) is 0.579. The van der Waals surface area contributed by atoms with E-state index < -0.39 is 24.7 Å². The molecule has 3 rings (SSSR count). The number of halogens is 3. The first-order valence-corrected chi connectivity index (χ1v) is 9.88. The number of fused-ring (bicyclic) bond motifs is 1. The van der Waals surface area contributed by atoms with Gasteiger partial charge in [0, 0.05) is 34.8 Å². The monoisotopic (exact) mass is 445 g/mol. The van der Waals surface area contributed by atoms with Crippen LogP contribution < -0.4 is 10.1 Å². The molecule has 3 aromatic rings. The lowest BCUT2D eigenvalue weighted by molar-refractivity contribution is -0.153. The highest BCUT2D eigenvalue weighted by Gasteiger charge is 2.29. The molecule has 0 bridgehead atoms. The molecular formula is C23H22F3N3O3. The number of benzene rings is 1. The molecule has 0 fully saturated rings. The lowest BCUT2D eigenvalue weighted by atomic mass is 10.0. The van der Waals surface area contributed by atoms with E-state index in [-0.39, 0.29) is 23.6 Å². The molecule has 0 aliphatic carbocycles. The average Bonchev–Trinajstić information content (AvgIpc) is 2.70. The van der Waals surface area contributed by atoms with Crippen molar-refractivity contribution in [2.24, 2.45) is 0 Å². The normalized spacial score (nSPS) is 12.4. The number of Topliss-reactive ketones (excluding diaryl/α,β-unsaturated/α-hetero) is 1. The number of aromatic nitrogens is 2. The molecule has 1 N–H and O–H groups in total. The van der Waals surface area contributed by atoms with E-state index in [4.69, 9.17) is 4.74 Å².